The van der Waals surface area contributed by atoms with E-state index >= 15 is 0 Å². The van der Waals surface area contributed by atoms with Crippen LogP contribution < -0.4 is 9.64 Å². The highest BCUT2D eigenvalue weighted by atomic mass is 79.9. The van der Waals surface area contributed by atoms with Gasteiger partial charge in [0.05, 0.1) is 12.2 Å². The monoisotopic (exact) mass is 371 g/mol. The number of halogens is 4. The lowest BCUT2D eigenvalue weighted by Gasteiger charge is -2.20. The van der Waals surface area contributed by atoms with Crippen molar-refractivity contribution in [3.05, 3.63) is 57.8 Å². The van der Waals surface area contributed by atoms with Crippen molar-refractivity contribution in [3.8, 4) is 5.75 Å². The molecule has 0 radical (unpaired) electrons. The van der Waals surface area contributed by atoms with E-state index in [4.69, 9.17) is 4.74 Å². The summed E-state index contributed by atoms with van der Waals surface area (Å²) in [6.45, 7) is -0.201. The quantitative estimate of drug-likeness (QED) is 0.713. The number of amides is 1. The van der Waals surface area contributed by atoms with Crippen LogP contribution >= 0.6 is 15.9 Å². The SMILES string of the molecule is O=C1COc2ccc(Br)cc2CN1c1cc(F)c(F)c(F)c1. The molecule has 1 aliphatic heterocycles. The highest BCUT2D eigenvalue weighted by Gasteiger charge is 2.25. The first-order valence-corrected chi connectivity index (χ1v) is 7.11. The zero-order chi connectivity index (χ0) is 15.9. The fraction of sp³-hybridized carbons (Fsp3) is 0.133. The summed E-state index contributed by atoms with van der Waals surface area (Å²) in [5.74, 6) is -4.21. The van der Waals surface area contributed by atoms with Crippen molar-refractivity contribution in [2.75, 3.05) is 11.5 Å². The number of carbonyl (C=O) groups is 1. The topological polar surface area (TPSA) is 29.5 Å². The fourth-order valence-electron chi connectivity index (χ4n) is 2.22. The minimum atomic E-state index is -1.56. The van der Waals surface area contributed by atoms with Gasteiger partial charge >= 0.3 is 0 Å². The number of anilines is 1. The maximum Gasteiger partial charge on any atom is 0.265 e. The Morgan fingerprint density at radius 3 is 2.45 bits per heavy atom. The van der Waals surface area contributed by atoms with E-state index in [-0.39, 0.29) is 18.8 Å². The van der Waals surface area contributed by atoms with Gasteiger partial charge in [-0.05, 0) is 18.2 Å². The molecular formula is C15H9BrF3NO2. The van der Waals surface area contributed by atoms with E-state index in [0.29, 0.717) is 11.3 Å². The third-order valence-electron chi connectivity index (χ3n) is 3.28. The standard InChI is InChI=1S/C15H9BrF3NO2/c16-9-1-2-13-8(3-9)6-20(14(21)7-22-13)10-4-11(17)15(19)12(18)5-10/h1-5H,6-7H2. The molecule has 0 saturated carbocycles. The lowest BCUT2D eigenvalue weighted by atomic mass is 10.1. The molecule has 114 valence electrons. The van der Waals surface area contributed by atoms with E-state index in [1.54, 1.807) is 18.2 Å². The Bertz CT molecular complexity index is 743. The summed E-state index contributed by atoms with van der Waals surface area (Å²) in [5, 5.41) is 0. The van der Waals surface area contributed by atoms with Crippen LogP contribution in [0.2, 0.25) is 0 Å². The molecule has 1 amide bonds. The van der Waals surface area contributed by atoms with E-state index in [2.05, 4.69) is 15.9 Å². The van der Waals surface area contributed by atoms with Crippen molar-refractivity contribution in [1.29, 1.82) is 0 Å². The first kappa shape index (κ1) is 14.9. The molecule has 1 aliphatic rings. The summed E-state index contributed by atoms with van der Waals surface area (Å²) in [7, 11) is 0. The molecule has 2 aromatic carbocycles. The molecule has 0 unspecified atom stereocenters. The Labute approximate surface area is 132 Å². The first-order valence-electron chi connectivity index (χ1n) is 6.32. The summed E-state index contributed by atoms with van der Waals surface area (Å²) in [5.41, 5.74) is 0.614. The number of benzene rings is 2. The van der Waals surface area contributed by atoms with E-state index in [9.17, 15) is 18.0 Å². The molecule has 3 nitrogen and oxygen atoms in total. The molecule has 7 heteroatoms. The van der Waals surface area contributed by atoms with Crippen LogP contribution in [0.3, 0.4) is 0 Å². The largest absolute Gasteiger partial charge is 0.483 e. The number of hydrogen-bond donors (Lipinski definition) is 0. The second-order valence-corrected chi connectivity index (χ2v) is 5.66. The third-order valence-corrected chi connectivity index (χ3v) is 3.78. The molecular weight excluding hydrogens is 363 g/mol. The van der Waals surface area contributed by atoms with Gasteiger partial charge in [0.25, 0.3) is 5.91 Å². The zero-order valence-corrected chi connectivity index (χ0v) is 12.7. The fourth-order valence-corrected chi connectivity index (χ4v) is 2.63. The van der Waals surface area contributed by atoms with Crippen molar-refractivity contribution in [1.82, 2.24) is 0 Å². The predicted molar refractivity (Wildman–Crippen MR) is 77.1 cm³/mol. The van der Waals surface area contributed by atoms with Gasteiger partial charge in [0.15, 0.2) is 24.1 Å². The summed E-state index contributed by atoms with van der Waals surface area (Å²) in [6, 6.07) is 6.79. The summed E-state index contributed by atoms with van der Waals surface area (Å²) in [6.07, 6.45) is 0. The highest BCUT2D eigenvalue weighted by molar-refractivity contribution is 9.10. The maximum atomic E-state index is 13.4. The second-order valence-electron chi connectivity index (χ2n) is 4.74. The first-order chi connectivity index (χ1) is 10.5. The predicted octanol–water partition coefficient (Wildman–Crippen LogP) is 3.79. The number of carbonyl (C=O) groups excluding carboxylic acids is 1. The van der Waals surface area contributed by atoms with Crippen LogP contribution in [0.25, 0.3) is 0 Å². The Morgan fingerprint density at radius 2 is 1.77 bits per heavy atom. The number of nitrogens with zero attached hydrogens (tertiary/aromatic N) is 1. The number of hydrogen-bond acceptors (Lipinski definition) is 2. The Balaban J connectivity index is 2.04. The van der Waals surface area contributed by atoms with Crippen LogP contribution in [0.4, 0.5) is 18.9 Å². The van der Waals surface area contributed by atoms with Gasteiger partial charge < -0.3 is 9.64 Å². The average Bonchev–Trinajstić information content (AvgIpc) is 2.63. The molecule has 0 atom stereocenters. The molecule has 0 bridgehead atoms. The van der Waals surface area contributed by atoms with Crippen LogP contribution in [-0.4, -0.2) is 12.5 Å². The maximum absolute atomic E-state index is 13.4. The van der Waals surface area contributed by atoms with E-state index in [0.717, 1.165) is 21.5 Å². The van der Waals surface area contributed by atoms with Crippen molar-refractivity contribution < 1.29 is 22.7 Å². The van der Waals surface area contributed by atoms with Gasteiger partial charge in [-0.15, -0.1) is 0 Å². The van der Waals surface area contributed by atoms with E-state index in [1.165, 1.54) is 0 Å². The van der Waals surface area contributed by atoms with Crippen molar-refractivity contribution in [3.63, 3.8) is 0 Å². The Morgan fingerprint density at radius 1 is 1.09 bits per heavy atom. The number of ether oxygens (including phenoxy) is 1. The lowest BCUT2D eigenvalue weighted by Crippen LogP contribution is -2.32. The van der Waals surface area contributed by atoms with Gasteiger partial charge in [0.2, 0.25) is 0 Å². The molecule has 1 heterocycles. The smallest absolute Gasteiger partial charge is 0.265 e. The molecule has 0 saturated heterocycles. The normalized spacial score (nSPS) is 14.4. The molecule has 0 fully saturated rings. The highest BCUT2D eigenvalue weighted by Crippen LogP contribution is 2.30. The lowest BCUT2D eigenvalue weighted by molar-refractivity contribution is -0.120. The van der Waals surface area contributed by atoms with E-state index in [1.807, 2.05) is 0 Å². The van der Waals surface area contributed by atoms with Crippen molar-refractivity contribution >= 4 is 27.5 Å². The zero-order valence-electron chi connectivity index (χ0n) is 11.1. The van der Waals surface area contributed by atoms with E-state index < -0.39 is 23.4 Å². The Hall–Kier alpha value is -2.02. The van der Waals surface area contributed by atoms with Crippen LogP contribution in [-0.2, 0) is 11.3 Å². The van der Waals surface area contributed by atoms with Crippen LogP contribution in [0.15, 0.2) is 34.8 Å². The third kappa shape index (κ3) is 2.68. The summed E-state index contributed by atoms with van der Waals surface area (Å²) < 4.78 is 46.0. The molecule has 3 rings (SSSR count). The van der Waals surface area contributed by atoms with Crippen molar-refractivity contribution in [2.45, 2.75) is 6.54 Å². The second kappa shape index (κ2) is 5.64. The Kier molecular flexibility index (Phi) is 3.82. The van der Waals surface area contributed by atoms with Crippen molar-refractivity contribution in [2.24, 2.45) is 0 Å². The molecule has 2 aromatic rings. The van der Waals surface area contributed by atoms with Crippen LogP contribution in [0.5, 0.6) is 5.75 Å². The van der Waals surface area contributed by atoms with Gasteiger partial charge in [-0.1, -0.05) is 15.9 Å². The van der Waals surface area contributed by atoms with Gasteiger partial charge in [-0.2, -0.15) is 0 Å². The van der Waals surface area contributed by atoms with Gasteiger partial charge in [0.1, 0.15) is 5.75 Å². The van der Waals surface area contributed by atoms with Gasteiger partial charge in [-0.25, -0.2) is 13.2 Å². The minimum absolute atomic E-state index is 0.0576. The number of fused-ring (bicyclic) bond motifs is 1. The number of rotatable bonds is 1. The van der Waals surface area contributed by atoms with Gasteiger partial charge in [-0.3, -0.25) is 4.79 Å². The van der Waals surface area contributed by atoms with Crippen LogP contribution in [0, 0.1) is 17.5 Å². The summed E-state index contributed by atoms with van der Waals surface area (Å²) >= 11 is 3.31. The van der Waals surface area contributed by atoms with Gasteiger partial charge in [0, 0.05) is 22.2 Å². The molecule has 0 N–H and O–H groups in total. The molecule has 0 aliphatic carbocycles. The average molecular weight is 372 g/mol. The van der Waals surface area contributed by atoms with Crippen LogP contribution in [0.1, 0.15) is 5.56 Å². The molecule has 22 heavy (non-hydrogen) atoms. The summed E-state index contributed by atoms with van der Waals surface area (Å²) in [4.78, 5) is 13.3. The minimum Gasteiger partial charge on any atom is -0.483 e. The molecule has 0 aromatic heterocycles. The molecule has 0 spiro atoms.